The lowest BCUT2D eigenvalue weighted by molar-refractivity contribution is 0.272. The van der Waals surface area contributed by atoms with E-state index in [4.69, 9.17) is 4.74 Å². The standard InChI is InChI=1S/C13H13FO/c1-3-5-10-8-12(14)13-11(9(10)2)6-4-7-15-13/h8H,4,6-7H2,1-2H3. The highest BCUT2D eigenvalue weighted by Crippen LogP contribution is 2.32. The Morgan fingerprint density at radius 1 is 1.47 bits per heavy atom. The predicted octanol–water partition coefficient (Wildman–Crippen LogP) is 2.83. The van der Waals surface area contributed by atoms with Gasteiger partial charge in [-0.05, 0) is 38.3 Å². The van der Waals surface area contributed by atoms with Crippen molar-refractivity contribution in [2.75, 3.05) is 6.61 Å². The number of benzene rings is 1. The smallest absolute Gasteiger partial charge is 0.166 e. The van der Waals surface area contributed by atoms with Gasteiger partial charge in [-0.1, -0.05) is 5.92 Å². The highest BCUT2D eigenvalue weighted by atomic mass is 19.1. The molecule has 0 spiro atoms. The molecule has 0 aromatic heterocycles. The van der Waals surface area contributed by atoms with Crippen LogP contribution in [-0.4, -0.2) is 6.61 Å². The van der Waals surface area contributed by atoms with Crippen LogP contribution in [0.25, 0.3) is 0 Å². The Bertz CT molecular complexity index is 452. The molecule has 0 bridgehead atoms. The Hall–Kier alpha value is -1.49. The average Bonchev–Trinajstić information content (AvgIpc) is 2.26. The van der Waals surface area contributed by atoms with Gasteiger partial charge in [-0.3, -0.25) is 0 Å². The van der Waals surface area contributed by atoms with Gasteiger partial charge >= 0.3 is 0 Å². The summed E-state index contributed by atoms with van der Waals surface area (Å²) in [6.07, 6.45) is 1.84. The zero-order chi connectivity index (χ0) is 10.8. The number of fused-ring (bicyclic) bond motifs is 1. The number of hydrogen-bond donors (Lipinski definition) is 0. The van der Waals surface area contributed by atoms with Crippen molar-refractivity contribution in [1.82, 2.24) is 0 Å². The van der Waals surface area contributed by atoms with Gasteiger partial charge in [-0.25, -0.2) is 4.39 Å². The maximum atomic E-state index is 13.6. The molecule has 0 fully saturated rings. The summed E-state index contributed by atoms with van der Waals surface area (Å²) in [4.78, 5) is 0. The molecular weight excluding hydrogens is 191 g/mol. The lowest BCUT2D eigenvalue weighted by Gasteiger charge is -2.20. The van der Waals surface area contributed by atoms with E-state index in [2.05, 4.69) is 11.8 Å². The fourth-order valence-electron chi connectivity index (χ4n) is 1.92. The average molecular weight is 204 g/mol. The molecular formula is C13H13FO. The molecule has 1 aliphatic rings. The van der Waals surface area contributed by atoms with Gasteiger partial charge < -0.3 is 4.74 Å². The van der Waals surface area contributed by atoms with E-state index in [1.807, 2.05) is 6.92 Å². The number of ether oxygens (including phenoxy) is 1. The van der Waals surface area contributed by atoms with Gasteiger partial charge in [0.25, 0.3) is 0 Å². The van der Waals surface area contributed by atoms with E-state index < -0.39 is 0 Å². The van der Waals surface area contributed by atoms with Crippen LogP contribution < -0.4 is 4.74 Å². The van der Waals surface area contributed by atoms with Crippen LogP contribution in [0.1, 0.15) is 30.0 Å². The molecule has 0 unspecified atom stereocenters. The molecule has 0 aliphatic carbocycles. The van der Waals surface area contributed by atoms with E-state index in [9.17, 15) is 4.39 Å². The topological polar surface area (TPSA) is 9.23 Å². The summed E-state index contributed by atoms with van der Waals surface area (Å²) in [5.41, 5.74) is 2.82. The summed E-state index contributed by atoms with van der Waals surface area (Å²) in [5, 5.41) is 0. The van der Waals surface area contributed by atoms with Crippen LogP contribution in [-0.2, 0) is 6.42 Å². The minimum Gasteiger partial charge on any atom is -0.490 e. The van der Waals surface area contributed by atoms with Gasteiger partial charge in [-0.15, -0.1) is 5.92 Å². The summed E-state index contributed by atoms with van der Waals surface area (Å²) in [7, 11) is 0. The summed E-state index contributed by atoms with van der Waals surface area (Å²) >= 11 is 0. The molecule has 78 valence electrons. The molecule has 1 nitrogen and oxygen atoms in total. The van der Waals surface area contributed by atoms with Crippen LogP contribution in [0, 0.1) is 24.6 Å². The van der Waals surface area contributed by atoms with Crippen molar-refractivity contribution in [3.63, 3.8) is 0 Å². The van der Waals surface area contributed by atoms with Crippen molar-refractivity contribution in [2.45, 2.75) is 26.7 Å². The first-order valence-corrected chi connectivity index (χ1v) is 5.11. The molecule has 0 atom stereocenters. The van der Waals surface area contributed by atoms with Crippen molar-refractivity contribution in [1.29, 1.82) is 0 Å². The van der Waals surface area contributed by atoms with Crippen molar-refractivity contribution in [3.8, 4) is 17.6 Å². The second-order valence-electron chi connectivity index (χ2n) is 3.67. The molecule has 15 heavy (non-hydrogen) atoms. The molecule has 1 aliphatic heterocycles. The molecule has 1 aromatic carbocycles. The van der Waals surface area contributed by atoms with Crippen LogP contribution >= 0.6 is 0 Å². The molecule has 2 heteroatoms. The van der Waals surface area contributed by atoms with Crippen LogP contribution in [0.2, 0.25) is 0 Å². The fourth-order valence-corrected chi connectivity index (χ4v) is 1.92. The summed E-state index contributed by atoms with van der Waals surface area (Å²) in [5.74, 6) is 5.87. The maximum absolute atomic E-state index is 13.6. The van der Waals surface area contributed by atoms with E-state index in [0.29, 0.717) is 12.4 Å². The lowest BCUT2D eigenvalue weighted by Crippen LogP contribution is -2.12. The number of hydrogen-bond acceptors (Lipinski definition) is 1. The van der Waals surface area contributed by atoms with Crippen molar-refractivity contribution >= 4 is 0 Å². The molecule has 0 amide bonds. The Balaban J connectivity index is 2.62. The van der Waals surface area contributed by atoms with Crippen LogP contribution in [0.3, 0.4) is 0 Å². The van der Waals surface area contributed by atoms with E-state index in [0.717, 1.165) is 29.5 Å². The summed E-state index contributed by atoms with van der Waals surface area (Å²) < 4.78 is 19.0. The Morgan fingerprint density at radius 2 is 2.27 bits per heavy atom. The van der Waals surface area contributed by atoms with E-state index in [-0.39, 0.29) is 5.82 Å². The molecule has 0 saturated heterocycles. The second kappa shape index (κ2) is 3.94. The first kappa shape index (κ1) is 10.0. The van der Waals surface area contributed by atoms with E-state index in [1.54, 1.807) is 6.92 Å². The van der Waals surface area contributed by atoms with Crippen molar-refractivity contribution < 1.29 is 9.13 Å². The van der Waals surface area contributed by atoms with Gasteiger partial charge in [0, 0.05) is 11.1 Å². The molecule has 1 heterocycles. The fraction of sp³-hybridized carbons (Fsp3) is 0.385. The largest absolute Gasteiger partial charge is 0.490 e. The third-order valence-electron chi connectivity index (χ3n) is 2.70. The van der Waals surface area contributed by atoms with Crippen molar-refractivity contribution in [3.05, 3.63) is 28.6 Å². The Labute approximate surface area is 89.3 Å². The summed E-state index contributed by atoms with van der Waals surface area (Å²) in [6.45, 7) is 4.35. The normalized spacial score (nSPS) is 13.5. The lowest BCUT2D eigenvalue weighted by atomic mass is 9.96. The first-order valence-electron chi connectivity index (χ1n) is 5.11. The number of halogens is 1. The van der Waals surface area contributed by atoms with Crippen LogP contribution in [0.4, 0.5) is 4.39 Å². The predicted molar refractivity (Wildman–Crippen MR) is 57.5 cm³/mol. The Morgan fingerprint density at radius 3 is 3.00 bits per heavy atom. The molecule has 1 aromatic rings. The minimum absolute atomic E-state index is 0.284. The molecule has 0 radical (unpaired) electrons. The molecule has 0 N–H and O–H groups in total. The molecule has 0 saturated carbocycles. The quantitative estimate of drug-likeness (QED) is 0.590. The molecule has 2 rings (SSSR count). The first-order chi connectivity index (χ1) is 7.24. The van der Waals surface area contributed by atoms with E-state index in [1.165, 1.54) is 6.07 Å². The summed E-state index contributed by atoms with van der Waals surface area (Å²) in [6, 6.07) is 1.47. The SMILES string of the molecule is CC#Cc1cc(F)c2c(c1C)CCCO2. The highest BCUT2D eigenvalue weighted by molar-refractivity contribution is 5.52. The van der Waals surface area contributed by atoms with Crippen LogP contribution in [0.5, 0.6) is 5.75 Å². The zero-order valence-corrected chi connectivity index (χ0v) is 8.98. The van der Waals surface area contributed by atoms with Crippen LogP contribution in [0.15, 0.2) is 6.07 Å². The zero-order valence-electron chi connectivity index (χ0n) is 8.98. The Kier molecular flexibility index (Phi) is 2.64. The van der Waals surface area contributed by atoms with E-state index >= 15 is 0 Å². The second-order valence-corrected chi connectivity index (χ2v) is 3.67. The van der Waals surface area contributed by atoms with Gasteiger partial charge in [0.2, 0.25) is 0 Å². The van der Waals surface area contributed by atoms with Gasteiger partial charge in [-0.2, -0.15) is 0 Å². The number of rotatable bonds is 0. The third-order valence-corrected chi connectivity index (χ3v) is 2.70. The van der Waals surface area contributed by atoms with Crippen molar-refractivity contribution in [2.24, 2.45) is 0 Å². The highest BCUT2D eigenvalue weighted by Gasteiger charge is 2.19. The van der Waals surface area contributed by atoms with Gasteiger partial charge in [0.05, 0.1) is 6.61 Å². The maximum Gasteiger partial charge on any atom is 0.166 e. The van der Waals surface area contributed by atoms with Gasteiger partial charge in [0.15, 0.2) is 11.6 Å². The minimum atomic E-state index is -0.284. The van der Waals surface area contributed by atoms with Gasteiger partial charge in [0.1, 0.15) is 0 Å². The monoisotopic (exact) mass is 204 g/mol. The third kappa shape index (κ3) is 1.70.